The zero-order chi connectivity index (χ0) is 12.0. The van der Waals surface area contributed by atoms with Gasteiger partial charge in [0.05, 0.1) is 12.1 Å². The number of carbonyl (C=O) groups is 1. The van der Waals surface area contributed by atoms with Gasteiger partial charge in [-0.05, 0) is 20.4 Å². The molecule has 1 aromatic heterocycles. The van der Waals surface area contributed by atoms with Gasteiger partial charge in [-0.2, -0.15) is 0 Å². The standard InChI is InChI=1S/C11H19N3OS/c1-3-14(4-2)11(15)7-10-13-9(5-6-12)8-16-10/h8H,3-7,12H2,1-2H3. The lowest BCUT2D eigenvalue weighted by molar-refractivity contribution is -0.130. The molecular weight excluding hydrogens is 222 g/mol. The van der Waals surface area contributed by atoms with Crippen molar-refractivity contribution in [2.75, 3.05) is 19.6 Å². The molecule has 90 valence electrons. The number of nitrogens with two attached hydrogens (primary N) is 1. The lowest BCUT2D eigenvalue weighted by Gasteiger charge is -2.17. The number of likely N-dealkylation sites (N-methyl/N-ethyl adjacent to an activating group) is 1. The largest absolute Gasteiger partial charge is 0.343 e. The van der Waals surface area contributed by atoms with Crippen LogP contribution in [0.15, 0.2) is 5.38 Å². The lowest BCUT2D eigenvalue weighted by Crippen LogP contribution is -2.31. The highest BCUT2D eigenvalue weighted by atomic mass is 32.1. The van der Waals surface area contributed by atoms with Crippen molar-refractivity contribution in [2.24, 2.45) is 5.73 Å². The van der Waals surface area contributed by atoms with Gasteiger partial charge in [0.1, 0.15) is 5.01 Å². The maximum atomic E-state index is 11.8. The molecule has 1 heterocycles. The molecule has 0 saturated carbocycles. The molecule has 1 aromatic rings. The van der Waals surface area contributed by atoms with Gasteiger partial charge < -0.3 is 10.6 Å². The Balaban J connectivity index is 2.55. The van der Waals surface area contributed by atoms with Crippen LogP contribution in [-0.2, 0) is 17.6 Å². The van der Waals surface area contributed by atoms with E-state index in [1.54, 1.807) is 11.3 Å². The molecule has 0 radical (unpaired) electrons. The van der Waals surface area contributed by atoms with Crippen LogP contribution in [0.25, 0.3) is 0 Å². The smallest absolute Gasteiger partial charge is 0.229 e. The Morgan fingerprint density at radius 1 is 1.50 bits per heavy atom. The normalized spacial score (nSPS) is 10.4. The SMILES string of the molecule is CCN(CC)C(=O)Cc1nc(CCN)cs1. The fourth-order valence-electron chi connectivity index (χ4n) is 1.51. The molecule has 2 N–H and O–H groups in total. The third-order valence-electron chi connectivity index (χ3n) is 2.42. The molecule has 0 aliphatic rings. The molecule has 0 aromatic carbocycles. The van der Waals surface area contributed by atoms with Crippen molar-refractivity contribution in [1.82, 2.24) is 9.88 Å². The van der Waals surface area contributed by atoms with E-state index in [2.05, 4.69) is 4.98 Å². The van der Waals surface area contributed by atoms with E-state index in [0.29, 0.717) is 13.0 Å². The van der Waals surface area contributed by atoms with Gasteiger partial charge in [-0.3, -0.25) is 4.79 Å². The summed E-state index contributed by atoms with van der Waals surface area (Å²) in [6, 6.07) is 0. The van der Waals surface area contributed by atoms with Crippen molar-refractivity contribution >= 4 is 17.2 Å². The van der Waals surface area contributed by atoms with Gasteiger partial charge in [0, 0.05) is 24.9 Å². The molecule has 0 aliphatic carbocycles. The average Bonchev–Trinajstić information content (AvgIpc) is 2.68. The van der Waals surface area contributed by atoms with E-state index in [0.717, 1.165) is 30.2 Å². The Bertz CT molecular complexity index is 334. The summed E-state index contributed by atoms with van der Waals surface area (Å²) in [4.78, 5) is 18.0. The quantitative estimate of drug-likeness (QED) is 0.810. The molecule has 5 heteroatoms. The van der Waals surface area contributed by atoms with Crippen LogP contribution >= 0.6 is 11.3 Å². The zero-order valence-corrected chi connectivity index (χ0v) is 10.7. The highest BCUT2D eigenvalue weighted by Crippen LogP contribution is 2.11. The van der Waals surface area contributed by atoms with Gasteiger partial charge >= 0.3 is 0 Å². The number of hydrogen-bond acceptors (Lipinski definition) is 4. The van der Waals surface area contributed by atoms with Crippen molar-refractivity contribution < 1.29 is 4.79 Å². The van der Waals surface area contributed by atoms with Gasteiger partial charge in [-0.1, -0.05) is 0 Å². The van der Waals surface area contributed by atoms with Crippen LogP contribution in [-0.4, -0.2) is 35.4 Å². The van der Waals surface area contributed by atoms with Crippen LogP contribution < -0.4 is 5.73 Å². The molecule has 0 spiro atoms. The lowest BCUT2D eigenvalue weighted by atomic mass is 10.3. The summed E-state index contributed by atoms with van der Waals surface area (Å²) >= 11 is 1.54. The van der Waals surface area contributed by atoms with Gasteiger partial charge in [-0.25, -0.2) is 4.98 Å². The first-order valence-electron chi connectivity index (χ1n) is 5.62. The maximum Gasteiger partial charge on any atom is 0.229 e. The van der Waals surface area contributed by atoms with Gasteiger partial charge in [0.15, 0.2) is 0 Å². The number of aromatic nitrogens is 1. The Morgan fingerprint density at radius 2 is 2.19 bits per heavy atom. The summed E-state index contributed by atoms with van der Waals surface area (Å²) in [5.41, 5.74) is 6.45. The molecule has 0 fully saturated rings. The first-order chi connectivity index (χ1) is 7.71. The van der Waals surface area contributed by atoms with Gasteiger partial charge in [-0.15, -0.1) is 11.3 Å². The van der Waals surface area contributed by atoms with Crippen molar-refractivity contribution in [3.63, 3.8) is 0 Å². The number of rotatable bonds is 6. The van der Waals surface area contributed by atoms with Crippen LogP contribution in [0.2, 0.25) is 0 Å². The number of amides is 1. The molecule has 1 amide bonds. The Hall–Kier alpha value is -0.940. The van der Waals surface area contributed by atoms with Gasteiger partial charge in [0.25, 0.3) is 0 Å². The Morgan fingerprint density at radius 3 is 2.75 bits per heavy atom. The fraction of sp³-hybridized carbons (Fsp3) is 0.636. The van der Waals surface area contributed by atoms with Crippen molar-refractivity contribution in [3.8, 4) is 0 Å². The predicted octanol–water partition coefficient (Wildman–Crippen LogP) is 1.06. The summed E-state index contributed by atoms with van der Waals surface area (Å²) < 4.78 is 0. The van der Waals surface area contributed by atoms with E-state index >= 15 is 0 Å². The third kappa shape index (κ3) is 3.57. The molecule has 4 nitrogen and oxygen atoms in total. The summed E-state index contributed by atoms with van der Waals surface area (Å²) in [5.74, 6) is 0.152. The second kappa shape index (κ2) is 6.60. The van der Waals surface area contributed by atoms with Crippen LogP contribution in [0, 0.1) is 0 Å². The van der Waals surface area contributed by atoms with Crippen LogP contribution in [0.1, 0.15) is 24.5 Å². The van der Waals surface area contributed by atoms with Crippen molar-refractivity contribution in [2.45, 2.75) is 26.7 Å². The fourth-order valence-corrected chi connectivity index (χ4v) is 2.33. The minimum absolute atomic E-state index is 0.152. The van der Waals surface area contributed by atoms with Crippen LogP contribution in [0.5, 0.6) is 0 Å². The summed E-state index contributed by atoms with van der Waals surface area (Å²) in [7, 11) is 0. The number of carbonyl (C=O) groups excluding carboxylic acids is 1. The second-order valence-electron chi connectivity index (χ2n) is 3.51. The summed E-state index contributed by atoms with van der Waals surface area (Å²) in [6.07, 6.45) is 1.20. The monoisotopic (exact) mass is 241 g/mol. The van der Waals surface area contributed by atoms with Gasteiger partial charge in [0.2, 0.25) is 5.91 Å². The number of hydrogen-bond donors (Lipinski definition) is 1. The minimum Gasteiger partial charge on any atom is -0.343 e. The van der Waals surface area contributed by atoms with E-state index in [9.17, 15) is 4.79 Å². The van der Waals surface area contributed by atoms with E-state index in [4.69, 9.17) is 5.73 Å². The Labute approximate surface area is 100 Å². The van der Waals surface area contributed by atoms with Crippen LogP contribution in [0.3, 0.4) is 0 Å². The minimum atomic E-state index is 0.152. The average molecular weight is 241 g/mol. The van der Waals surface area contributed by atoms with E-state index in [1.807, 2.05) is 24.1 Å². The molecule has 0 unspecified atom stereocenters. The molecular formula is C11H19N3OS. The van der Waals surface area contributed by atoms with E-state index in [1.165, 1.54) is 0 Å². The molecule has 0 aliphatic heterocycles. The third-order valence-corrected chi connectivity index (χ3v) is 3.32. The molecule has 16 heavy (non-hydrogen) atoms. The van der Waals surface area contributed by atoms with Crippen molar-refractivity contribution in [3.05, 3.63) is 16.1 Å². The second-order valence-corrected chi connectivity index (χ2v) is 4.46. The highest BCUT2D eigenvalue weighted by Gasteiger charge is 2.12. The first kappa shape index (κ1) is 13.1. The molecule has 0 saturated heterocycles. The van der Waals surface area contributed by atoms with Crippen LogP contribution in [0.4, 0.5) is 0 Å². The maximum absolute atomic E-state index is 11.8. The molecule has 0 bridgehead atoms. The first-order valence-corrected chi connectivity index (χ1v) is 6.50. The highest BCUT2D eigenvalue weighted by molar-refractivity contribution is 7.09. The zero-order valence-electron chi connectivity index (χ0n) is 9.90. The Kier molecular flexibility index (Phi) is 5.42. The predicted molar refractivity (Wildman–Crippen MR) is 66.5 cm³/mol. The molecule has 1 rings (SSSR count). The van der Waals surface area contributed by atoms with Crippen molar-refractivity contribution in [1.29, 1.82) is 0 Å². The topological polar surface area (TPSA) is 59.2 Å². The number of thiazole rings is 1. The van der Waals surface area contributed by atoms with E-state index in [-0.39, 0.29) is 5.91 Å². The number of nitrogens with zero attached hydrogens (tertiary/aromatic N) is 2. The summed E-state index contributed by atoms with van der Waals surface area (Å²) in [5, 5.41) is 2.87. The molecule has 0 atom stereocenters. The van der Waals surface area contributed by atoms with E-state index < -0.39 is 0 Å². The summed E-state index contributed by atoms with van der Waals surface area (Å²) in [6.45, 7) is 6.10.